The number of rotatable bonds is 5. The molecule has 3 rings (SSSR count). The Morgan fingerprint density at radius 3 is 2.54 bits per heavy atom. The van der Waals surface area contributed by atoms with E-state index in [1.807, 2.05) is 6.07 Å². The summed E-state index contributed by atoms with van der Waals surface area (Å²) in [7, 11) is -2.47. The Morgan fingerprint density at radius 2 is 1.81 bits per heavy atom. The maximum atomic E-state index is 12.5. The summed E-state index contributed by atoms with van der Waals surface area (Å²) in [6.45, 7) is 0. The fourth-order valence-electron chi connectivity index (χ4n) is 2.97. The van der Waals surface area contributed by atoms with Crippen molar-refractivity contribution in [3.8, 4) is 5.75 Å². The van der Waals surface area contributed by atoms with Crippen LogP contribution in [0, 0.1) is 0 Å². The van der Waals surface area contributed by atoms with E-state index in [1.54, 1.807) is 18.2 Å². The highest BCUT2D eigenvalue weighted by atomic mass is 35.5. The highest BCUT2D eigenvalue weighted by molar-refractivity contribution is 7.89. The number of hydrogen-bond acceptors (Lipinski definition) is 4. The molecule has 0 radical (unpaired) electrons. The second-order valence-corrected chi connectivity index (χ2v) is 8.16. The van der Waals surface area contributed by atoms with Crippen LogP contribution in [0.1, 0.15) is 34.3 Å². The van der Waals surface area contributed by atoms with E-state index in [-0.39, 0.29) is 10.5 Å². The number of halogens is 1. The molecule has 6 nitrogen and oxygen atoms in total. The van der Waals surface area contributed by atoms with Crippen molar-refractivity contribution in [2.24, 2.45) is 0 Å². The zero-order valence-electron chi connectivity index (χ0n) is 14.2. The lowest BCUT2D eigenvalue weighted by molar-refractivity contribution is 0.0942. The van der Waals surface area contributed by atoms with E-state index in [9.17, 15) is 13.2 Å². The number of carbonyl (C=O) groups excluding carboxylic acids is 1. The first-order valence-electron chi connectivity index (χ1n) is 8.18. The zero-order chi connectivity index (χ0) is 18.7. The summed E-state index contributed by atoms with van der Waals surface area (Å²) in [5.74, 6) is -0.370. The third-order valence-electron chi connectivity index (χ3n) is 4.34. The van der Waals surface area contributed by atoms with Gasteiger partial charge in [0.25, 0.3) is 15.9 Å². The molecule has 8 heteroatoms. The van der Waals surface area contributed by atoms with Crippen molar-refractivity contribution >= 4 is 27.5 Å². The number of fused-ring (bicyclic) bond motifs is 1. The van der Waals surface area contributed by atoms with Crippen LogP contribution in [0.15, 0.2) is 41.3 Å². The molecule has 1 aliphatic carbocycles. The Morgan fingerprint density at radius 1 is 1.08 bits per heavy atom. The average molecular weight is 395 g/mol. The molecule has 2 N–H and O–H groups in total. The number of ether oxygens (including phenoxy) is 1. The molecule has 2 aromatic carbocycles. The van der Waals surface area contributed by atoms with E-state index in [2.05, 4.69) is 10.3 Å². The molecule has 0 aromatic heterocycles. The summed E-state index contributed by atoms with van der Waals surface area (Å²) in [6.07, 6.45) is 4.00. The first-order valence-corrected chi connectivity index (χ1v) is 10.0. The molecular formula is C18H19ClN2O4S. The van der Waals surface area contributed by atoms with Crippen LogP contribution in [0.25, 0.3) is 0 Å². The normalized spacial score (nSPS) is 13.8. The maximum absolute atomic E-state index is 12.5. The van der Waals surface area contributed by atoms with Crippen molar-refractivity contribution in [1.82, 2.24) is 10.3 Å². The minimum Gasteiger partial charge on any atom is -0.496 e. The molecule has 0 unspecified atom stereocenters. The summed E-state index contributed by atoms with van der Waals surface area (Å²) in [5, 5.41) is 0.341. The van der Waals surface area contributed by atoms with E-state index < -0.39 is 15.9 Å². The molecule has 0 fully saturated rings. The predicted molar refractivity (Wildman–Crippen MR) is 98.9 cm³/mol. The fraction of sp³-hybridized carbons (Fsp3) is 0.278. The molecule has 1 amide bonds. The maximum Gasteiger partial charge on any atom is 0.270 e. The number of amides is 1. The number of sulfonamides is 1. The topological polar surface area (TPSA) is 84.5 Å². The van der Waals surface area contributed by atoms with E-state index in [0.717, 1.165) is 31.2 Å². The van der Waals surface area contributed by atoms with E-state index in [0.29, 0.717) is 10.8 Å². The van der Waals surface area contributed by atoms with Crippen LogP contribution in [0.4, 0.5) is 0 Å². The van der Waals surface area contributed by atoms with Crippen LogP contribution in [-0.2, 0) is 22.9 Å². The fourth-order valence-corrected chi connectivity index (χ4v) is 4.04. The summed E-state index contributed by atoms with van der Waals surface area (Å²) in [5.41, 5.74) is 4.56. The summed E-state index contributed by atoms with van der Waals surface area (Å²) < 4.78 is 30.1. The lowest BCUT2D eigenvalue weighted by Gasteiger charge is -2.17. The van der Waals surface area contributed by atoms with Gasteiger partial charge in [-0.3, -0.25) is 10.2 Å². The van der Waals surface area contributed by atoms with Gasteiger partial charge in [-0.1, -0.05) is 17.7 Å². The van der Waals surface area contributed by atoms with Gasteiger partial charge in [0, 0.05) is 5.02 Å². The van der Waals surface area contributed by atoms with Crippen LogP contribution >= 0.6 is 11.6 Å². The highest BCUT2D eigenvalue weighted by Gasteiger charge is 2.20. The monoisotopic (exact) mass is 394 g/mol. The molecular weight excluding hydrogens is 376 g/mol. The van der Waals surface area contributed by atoms with Crippen molar-refractivity contribution in [1.29, 1.82) is 0 Å². The quantitative estimate of drug-likeness (QED) is 0.764. The molecule has 0 saturated heterocycles. The second-order valence-electron chi connectivity index (χ2n) is 6.04. The van der Waals surface area contributed by atoms with Gasteiger partial charge < -0.3 is 4.74 Å². The molecule has 0 atom stereocenters. The molecule has 0 heterocycles. The van der Waals surface area contributed by atoms with Crippen molar-refractivity contribution in [2.75, 3.05) is 7.11 Å². The van der Waals surface area contributed by atoms with Gasteiger partial charge in [-0.05, 0) is 67.1 Å². The first kappa shape index (κ1) is 18.7. The molecule has 0 spiro atoms. The molecule has 0 bridgehead atoms. The number of aryl methyl sites for hydroxylation is 2. The van der Waals surface area contributed by atoms with Crippen molar-refractivity contribution in [3.05, 3.63) is 58.1 Å². The van der Waals surface area contributed by atoms with Crippen LogP contribution in [-0.4, -0.2) is 21.4 Å². The van der Waals surface area contributed by atoms with Crippen molar-refractivity contribution in [2.45, 2.75) is 30.6 Å². The van der Waals surface area contributed by atoms with Crippen LogP contribution in [0.5, 0.6) is 5.75 Å². The van der Waals surface area contributed by atoms with Gasteiger partial charge in [0.1, 0.15) is 5.75 Å². The average Bonchev–Trinajstić information content (AvgIpc) is 2.65. The highest BCUT2D eigenvalue weighted by Crippen LogP contribution is 2.24. The zero-order valence-corrected chi connectivity index (χ0v) is 15.8. The van der Waals surface area contributed by atoms with Gasteiger partial charge in [-0.2, -0.15) is 0 Å². The Labute approximate surface area is 157 Å². The standard InChI is InChI=1S/C18H19ClN2O4S/c1-25-17-9-7-14(19)11-16(17)18(22)20-21-26(23,24)15-8-6-12-4-2-3-5-13(12)10-15/h6-11,21H,2-5H2,1H3,(H,20,22). The Balaban J connectivity index is 1.76. The lowest BCUT2D eigenvalue weighted by Crippen LogP contribution is -2.41. The SMILES string of the molecule is COc1ccc(Cl)cc1C(=O)NNS(=O)(=O)c1ccc2c(c1)CCCC2. The summed E-state index contributed by atoms with van der Waals surface area (Å²) in [6, 6.07) is 9.58. The molecule has 0 aliphatic heterocycles. The molecule has 0 saturated carbocycles. The van der Waals surface area contributed by atoms with Gasteiger partial charge in [-0.15, -0.1) is 4.83 Å². The summed E-state index contributed by atoms with van der Waals surface area (Å²) >= 11 is 5.90. The van der Waals surface area contributed by atoms with E-state index in [1.165, 1.54) is 24.8 Å². The first-order chi connectivity index (χ1) is 12.4. The van der Waals surface area contributed by atoms with Gasteiger partial charge >= 0.3 is 0 Å². The van der Waals surface area contributed by atoms with Crippen molar-refractivity contribution in [3.63, 3.8) is 0 Å². The van der Waals surface area contributed by atoms with Gasteiger partial charge in [0.2, 0.25) is 0 Å². The number of hydrogen-bond donors (Lipinski definition) is 2. The minimum atomic E-state index is -3.88. The number of carbonyl (C=O) groups is 1. The lowest BCUT2D eigenvalue weighted by atomic mass is 9.92. The predicted octanol–water partition coefficient (Wildman–Crippen LogP) is 2.85. The minimum absolute atomic E-state index is 0.122. The largest absolute Gasteiger partial charge is 0.496 e. The Bertz CT molecular complexity index is 944. The number of methoxy groups -OCH3 is 1. The Kier molecular flexibility index (Phi) is 5.50. The number of nitrogens with one attached hydrogen (secondary N) is 2. The van der Waals surface area contributed by atoms with Gasteiger partial charge in [-0.25, -0.2) is 8.42 Å². The van der Waals surface area contributed by atoms with Crippen LogP contribution in [0.2, 0.25) is 5.02 Å². The van der Waals surface area contributed by atoms with E-state index in [4.69, 9.17) is 16.3 Å². The molecule has 1 aliphatic rings. The number of benzene rings is 2. The number of hydrazine groups is 1. The molecule has 26 heavy (non-hydrogen) atoms. The van der Waals surface area contributed by atoms with E-state index >= 15 is 0 Å². The van der Waals surface area contributed by atoms with Gasteiger partial charge in [0.15, 0.2) is 0 Å². The van der Waals surface area contributed by atoms with Gasteiger partial charge in [0.05, 0.1) is 17.6 Å². The molecule has 2 aromatic rings. The Hall–Kier alpha value is -2.09. The van der Waals surface area contributed by atoms with Crippen molar-refractivity contribution < 1.29 is 17.9 Å². The molecule has 138 valence electrons. The van der Waals surface area contributed by atoms with Crippen LogP contribution < -0.4 is 15.0 Å². The second kappa shape index (κ2) is 7.65. The van der Waals surface area contributed by atoms with Crippen LogP contribution in [0.3, 0.4) is 0 Å². The third kappa shape index (κ3) is 4.00. The summed E-state index contributed by atoms with van der Waals surface area (Å²) in [4.78, 5) is 14.6. The smallest absolute Gasteiger partial charge is 0.270 e. The third-order valence-corrected chi connectivity index (χ3v) is 5.82.